The Labute approximate surface area is 190 Å². The van der Waals surface area contributed by atoms with Crippen LogP contribution in [0.4, 0.5) is 19.3 Å². The van der Waals surface area contributed by atoms with Gasteiger partial charge in [-0.3, -0.25) is 0 Å². The van der Waals surface area contributed by atoms with E-state index >= 15 is 0 Å². The SMILES string of the molecule is CC(C)c1cc(OC(F)F)cc(C(C)C)c1NC(=O)N=S(N)(=O)c1ncc(C(C)(C)O)s1. The van der Waals surface area contributed by atoms with Crippen molar-refractivity contribution in [2.24, 2.45) is 9.50 Å². The van der Waals surface area contributed by atoms with Gasteiger partial charge in [-0.05, 0) is 48.9 Å². The lowest BCUT2D eigenvalue weighted by Crippen LogP contribution is -2.19. The van der Waals surface area contributed by atoms with Crippen LogP contribution in [0.5, 0.6) is 5.75 Å². The zero-order chi connectivity index (χ0) is 24.4. The number of carbonyl (C=O) groups excluding carboxylic acids is 1. The molecule has 0 fully saturated rings. The summed E-state index contributed by atoms with van der Waals surface area (Å²) in [4.78, 5) is 17.0. The first-order valence-electron chi connectivity index (χ1n) is 9.79. The number of hydrogen-bond acceptors (Lipinski definition) is 6. The second-order valence-corrected chi connectivity index (χ2v) is 11.3. The number of anilines is 1. The van der Waals surface area contributed by atoms with Gasteiger partial charge in [-0.1, -0.05) is 27.7 Å². The summed E-state index contributed by atoms with van der Waals surface area (Å²) in [5.41, 5.74) is 0.264. The Morgan fingerprint density at radius 1 is 1.25 bits per heavy atom. The number of carbonyl (C=O) groups is 1. The van der Waals surface area contributed by atoms with Crippen LogP contribution in [0.25, 0.3) is 0 Å². The van der Waals surface area contributed by atoms with Gasteiger partial charge in [-0.25, -0.2) is 19.1 Å². The Bertz CT molecular complexity index is 1070. The molecule has 178 valence electrons. The average Bonchev–Trinajstić information content (AvgIpc) is 3.12. The van der Waals surface area contributed by atoms with Crippen LogP contribution in [0, 0.1) is 0 Å². The summed E-state index contributed by atoms with van der Waals surface area (Å²) in [6, 6.07) is 1.88. The van der Waals surface area contributed by atoms with Crippen LogP contribution in [0.3, 0.4) is 0 Å². The highest BCUT2D eigenvalue weighted by Crippen LogP contribution is 2.37. The summed E-state index contributed by atoms with van der Waals surface area (Å²) in [5.74, 6) is -0.328. The molecule has 0 radical (unpaired) electrons. The van der Waals surface area contributed by atoms with Gasteiger partial charge >= 0.3 is 12.6 Å². The third-order valence-corrected chi connectivity index (χ3v) is 7.54. The fraction of sp³-hybridized carbons (Fsp3) is 0.500. The first kappa shape index (κ1) is 26.1. The van der Waals surface area contributed by atoms with Crippen molar-refractivity contribution in [3.63, 3.8) is 0 Å². The zero-order valence-electron chi connectivity index (χ0n) is 18.7. The molecule has 1 aromatic heterocycles. The summed E-state index contributed by atoms with van der Waals surface area (Å²) in [6.45, 7) is 7.41. The zero-order valence-corrected chi connectivity index (χ0v) is 20.3. The number of amides is 2. The number of nitrogens with zero attached hydrogens (tertiary/aromatic N) is 2. The van der Waals surface area contributed by atoms with Crippen molar-refractivity contribution in [1.82, 2.24) is 4.98 Å². The minimum atomic E-state index is -3.67. The highest BCUT2D eigenvalue weighted by Gasteiger charge is 2.24. The Balaban J connectivity index is 2.47. The van der Waals surface area contributed by atoms with Crippen molar-refractivity contribution < 1.29 is 27.6 Å². The third-order valence-electron chi connectivity index (χ3n) is 4.43. The Morgan fingerprint density at radius 3 is 2.19 bits per heavy atom. The lowest BCUT2D eigenvalue weighted by Gasteiger charge is -2.21. The predicted molar refractivity (Wildman–Crippen MR) is 121 cm³/mol. The minimum absolute atomic E-state index is 0.0214. The Morgan fingerprint density at radius 2 is 1.78 bits per heavy atom. The van der Waals surface area contributed by atoms with Crippen molar-refractivity contribution in [2.75, 3.05) is 5.32 Å². The molecule has 0 saturated heterocycles. The van der Waals surface area contributed by atoms with Crippen molar-refractivity contribution >= 4 is 33.0 Å². The molecule has 0 aliphatic rings. The van der Waals surface area contributed by atoms with Gasteiger partial charge in [-0.2, -0.15) is 8.78 Å². The van der Waals surface area contributed by atoms with E-state index in [0.29, 0.717) is 21.7 Å². The number of alkyl halides is 2. The number of halogens is 2. The van der Waals surface area contributed by atoms with E-state index in [1.807, 2.05) is 27.7 Å². The molecular weight excluding hydrogens is 462 g/mol. The van der Waals surface area contributed by atoms with Crippen molar-refractivity contribution in [3.05, 3.63) is 34.3 Å². The Kier molecular flexibility index (Phi) is 7.97. The first-order valence-corrected chi connectivity index (χ1v) is 12.2. The molecule has 1 unspecified atom stereocenters. The fourth-order valence-electron chi connectivity index (χ4n) is 2.85. The summed E-state index contributed by atoms with van der Waals surface area (Å²) in [5, 5.41) is 18.4. The van der Waals surface area contributed by atoms with Gasteiger partial charge < -0.3 is 15.2 Å². The number of nitrogens with two attached hydrogens (primary N) is 1. The maximum Gasteiger partial charge on any atom is 0.387 e. The number of nitrogens with one attached hydrogen (secondary N) is 1. The second-order valence-electron chi connectivity index (χ2n) is 8.30. The molecular formula is C20H28F2N4O4S2. The van der Waals surface area contributed by atoms with Gasteiger partial charge in [0, 0.05) is 11.9 Å². The topological polar surface area (TPSA) is 127 Å². The molecule has 32 heavy (non-hydrogen) atoms. The number of urea groups is 1. The molecule has 0 bridgehead atoms. The van der Waals surface area contributed by atoms with Gasteiger partial charge in [0.2, 0.25) is 4.34 Å². The quantitative estimate of drug-likeness (QED) is 0.495. The monoisotopic (exact) mass is 490 g/mol. The number of thiazole rings is 1. The van der Waals surface area contributed by atoms with E-state index in [9.17, 15) is 22.9 Å². The molecule has 0 aliphatic carbocycles. The molecule has 1 atom stereocenters. The number of aromatic nitrogens is 1. The highest BCUT2D eigenvalue weighted by atomic mass is 32.2. The highest BCUT2D eigenvalue weighted by molar-refractivity contribution is 7.93. The van der Waals surface area contributed by atoms with E-state index in [2.05, 4.69) is 19.4 Å². The van der Waals surface area contributed by atoms with E-state index in [1.54, 1.807) is 0 Å². The normalized spacial score (nSPS) is 14.0. The molecule has 0 aliphatic heterocycles. The van der Waals surface area contributed by atoms with Crippen LogP contribution in [-0.2, 0) is 15.5 Å². The van der Waals surface area contributed by atoms with E-state index < -0.39 is 28.2 Å². The molecule has 0 saturated carbocycles. The maximum atomic E-state index is 12.9. The van der Waals surface area contributed by atoms with E-state index in [4.69, 9.17) is 5.14 Å². The lowest BCUT2D eigenvalue weighted by molar-refractivity contribution is -0.0499. The molecule has 8 nitrogen and oxygen atoms in total. The molecule has 0 spiro atoms. The fourth-order valence-corrected chi connectivity index (χ4v) is 4.93. The largest absolute Gasteiger partial charge is 0.435 e. The van der Waals surface area contributed by atoms with Gasteiger partial charge in [0.05, 0.1) is 10.5 Å². The number of aliphatic hydroxyl groups is 1. The van der Waals surface area contributed by atoms with Gasteiger partial charge in [0.25, 0.3) is 0 Å². The summed E-state index contributed by atoms with van der Waals surface area (Å²) < 4.78 is 46.4. The van der Waals surface area contributed by atoms with Crippen molar-refractivity contribution in [1.29, 1.82) is 0 Å². The van der Waals surface area contributed by atoms with Gasteiger partial charge in [0.15, 0.2) is 9.92 Å². The molecule has 12 heteroatoms. The van der Waals surface area contributed by atoms with Crippen molar-refractivity contribution in [3.8, 4) is 5.75 Å². The van der Waals surface area contributed by atoms with E-state index in [1.165, 1.54) is 32.2 Å². The number of hydrogen-bond donors (Lipinski definition) is 3. The predicted octanol–water partition coefficient (Wildman–Crippen LogP) is 5.15. The number of benzene rings is 1. The van der Waals surface area contributed by atoms with E-state index in [-0.39, 0.29) is 21.9 Å². The average molecular weight is 491 g/mol. The Hall–Kier alpha value is -2.15. The molecule has 1 aromatic carbocycles. The van der Waals surface area contributed by atoms with Crippen LogP contribution in [-0.4, -0.2) is 26.9 Å². The summed E-state index contributed by atoms with van der Waals surface area (Å²) in [6.07, 6.45) is 1.33. The third kappa shape index (κ3) is 6.44. The van der Waals surface area contributed by atoms with Gasteiger partial charge in [0.1, 0.15) is 5.75 Å². The van der Waals surface area contributed by atoms with Crippen molar-refractivity contribution in [2.45, 2.75) is 69.9 Å². The van der Waals surface area contributed by atoms with Crippen LogP contribution in [0.2, 0.25) is 0 Å². The van der Waals surface area contributed by atoms with Crippen LogP contribution >= 0.6 is 11.3 Å². The van der Waals surface area contributed by atoms with Crippen LogP contribution < -0.4 is 15.2 Å². The minimum Gasteiger partial charge on any atom is -0.435 e. The van der Waals surface area contributed by atoms with Gasteiger partial charge in [-0.15, -0.1) is 15.7 Å². The molecule has 4 N–H and O–H groups in total. The van der Waals surface area contributed by atoms with Crippen LogP contribution in [0.15, 0.2) is 27.0 Å². The molecule has 2 amide bonds. The number of ether oxygens (including phenoxy) is 1. The smallest absolute Gasteiger partial charge is 0.387 e. The summed E-state index contributed by atoms with van der Waals surface area (Å²) >= 11 is 0.896. The summed E-state index contributed by atoms with van der Waals surface area (Å²) in [7, 11) is -3.67. The second kappa shape index (κ2) is 9.77. The molecule has 2 rings (SSSR count). The number of rotatable bonds is 7. The van der Waals surface area contributed by atoms with Crippen LogP contribution in [0.1, 0.15) is 69.4 Å². The maximum absolute atomic E-state index is 12.9. The molecule has 2 aromatic rings. The standard InChI is InChI=1S/C20H28F2N4O4S2/c1-10(2)13-7-12(30-17(21)22)8-14(11(3)4)16(13)25-18(27)26-32(23,29)19-24-9-15(31-19)20(5,6)28/h7-11,17,28H,1-6H3,(H3,23,25,26,27,29). The molecule has 1 heterocycles. The first-order chi connectivity index (χ1) is 14.6. The lowest BCUT2D eigenvalue weighted by atomic mass is 9.92. The van der Waals surface area contributed by atoms with E-state index in [0.717, 1.165) is 11.3 Å².